The summed E-state index contributed by atoms with van der Waals surface area (Å²) in [5, 5.41) is 3.58. The average Bonchev–Trinajstić information content (AvgIpc) is 2.67. The maximum Gasteiger partial charge on any atom is 0.0645 e. The van der Waals surface area contributed by atoms with Crippen molar-refractivity contribution in [3.8, 4) is 0 Å². The van der Waals surface area contributed by atoms with Crippen molar-refractivity contribution >= 4 is 5.69 Å². The van der Waals surface area contributed by atoms with E-state index in [4.69, 9.17) is 6.85 Å². The number of hydrogen-bond donors (Lipinski definition) is 1. The summed E-state index contributed by atoms with van der Waals surface area (Å²) in [6.45, 7) is 2.30. The topological polar surface area (TPSA) is 15.3 Å². The molecule has 0 unspecified atom stereocenters. The van der Waals surface area contributed by atoms with E-state index in [9.17, 15) is 0 Å². The molecule has 0 amide bonds. The third-order valence-corrected chi connectivity index (χ3v) is 3.99. The van der Waals surface area contributed by atoms with Crippen LogP contribution in [-0.4, -0.2) is 25.7 Å². The van der Waals surface area contributed by atoms with Crippen LogP contribution in [-0.2, 0) is 6.42 Å². The number of hydrogen-bond acceptors (Lipinski definition) is 2. The highest BCUT2D eigenvalue weighted by molar-refractivity contribution is 5.46. The molecule has 2 nitrogen and oxygen atoms in total. The normalized spacial score (nSPS) is 19.4. The fraction of sp³-hybridized carbons (Fsp3) is 0.368. The predicted octanol–water partition coefficient (Wildman–Crippen LogP) is 3.49. The Balaban J connectivity index is 1.57. The minimum absolute atomic E-state index is 0.105. The monoisotopic (exact) mass is 285 g/mol. The van der Waals surface area contributed by atoms with Crippen molar-refractivity contribution in [1.82, 2.24) is 5.32 Å². The molecule has 0 aromatic heterocycles. The van der Waals surface area contributed by atoms with Crippen LogP contribution in [0, 0.1) is 0 Å². The molecule has 2 heteroatoms. The molecule has 2 aromatic carbocycles. The predicted molar refractivity (Wildman–Crippen MR) is 89.8 cm³/mol. The van der Waals surface area contributed by atoms with E-state index >= 15 is 0 Å². The lowest BCUT2D eigenvalue weighted by molar-refractivity contribution is 0.417. The van der Waals surface area contributed by atoms with Crippen LogP contribution in [0.2, 0.25) is 0 Å². The van der Waals surface area contributed by atoms with Gasteiger partial charge in [0.1, 0.15) is 0 Å². The summed E-state index contributed by atoms with van der Waals surface area (Å²) in [6, 6.07) is 9.71. The van der Waals surface area contributed by atoms with Crippen molar-refractivity contribution < 1.29 is 6.85 Å². The van der Waals surface area contributed by atoms with E-state index < -0.39 is 0 Å². The largest absolute Gasteiger partial charge is 0.371 e. The fourth-order valence-corrected chi connectivity index (χ4v) is 2.77. The molecule has 1 heterocycles. The van der Waals surface area contributed by atoms with E-state index in [1.807, 2.05) is 23.1 Å². The number of nitrogens with one attached hydrogen (secondary N) is 1. The van der Waals surface area contributed by atoms with E-state index in [1.54, 1.807) is 0 Å². The summed E-state index contributed by atoms with van der Waals surface area (Å²) >= 11 is 0. The molecule has 1 aliphatic heterocycles. The summed E-state index contributed by atoms with van der Waals surface area (Å²) in [5.74, 6) is 0. The van der Waals surface area contributed by atoms with Crippen LogP contribution >= 0.6 is 0 Å². The summed E-state index contributed by atoms with van der Waals surface area (Å²) in [4.78, 5) is 1.93. The second kappa shape index (κ2) is 7.28. The molecule has 0 saturated carbocycles. The van der Waals surface area contributed by atoms with Crippen LogP contribution in [0.4, 0.5) is 5.69 Å². The smallest absolute Gasteiger partial charge is 0.0645 e. The highest BCUT2D eigenvalue weighted by atomic mass is 15.1. The van der Waals surface area contributed by atoms with Gasteiger partial charge < -0.3 is 10.2 Å². The Kier molecular flexibility index (Phi) is 3.21. The van der Waals surface area contributed by atoms with Gasteiger partial charge in [0.25, 0.3) is 0 Å². The lowest BCUT2D eigenvalue weighted by Gasteiger charge is -2.34. The van der Waals surface area contributed by atoms with Crippen molar-refractivity contribution in [1.29, 1.82) is 0 Å². The molecule has 0 atom stereocenters. The SMILES string of the molecule is [2H]c1c([2H])c([2H])c(N2CCC(NCCc3ccccc3)CC2)c([2H])c1[2H]. The first-order valence-electron chi connectivity index (χ1n) is 10.1. The Hall–Kier alpha value is -1.80. The van der Waals surface area contributed by atoms with Crippen LogP contribution in [0.1, 0.15) is 25.3 Å². The standard InChI is InChI=1S/C19H24N2/c1-3-7-17(8-4-1)11-14-20-18-12-15-21(16-13-18)19-9-5-2-6-10-19/h1-10,18,20H,11-16H2/i2D,5D,6D,9D,10D. The van der Waals surface area contributed by atoms with Crippen molar-refractivity contribution in [3.63, 3.8) is 0 Å². The van der Waals surface area contributed by atoms with Crippen LogP contribution < -0.4 is 10.2 Å². The van der Waals surface area contributed by atoms with E-state index in [1.165, 1.54) is 5.56 Å². The highest BCUT2D eigenvalue weighted by Gasteiger charge is 2.18. The number of nitrogens with zero attached hydrogens (tertiary/aromatic N) is 1. The first-order chi connectivity index (χ1) is 12.5. The number of anilines is 1. The van der Waals surface area contributed by atoms with Gasteiger partial charge in [-0.05, 0) is 43.5 Å². The lowest BCUT2D eigenvalue weighted by Crippen LogP contribution is -2.43. The molecule has 0 aliphatic carbocycles. The van der Waals surface area contributed by atoms with Crippen molar-refractivity contribution in [3.05, 3.63) is 66.1 Å². The Morgan fingerprint density at radius 3 is 2.48 bits per heavy atom. The van der Waals surface area contributed by atoms with Crippen molar-refractivity contribution in [2.45, 2.75) is 25.3 Å². The maximum absolute atomic E-state index is 8.10. The van der Waals surface area contributed by atoms with E-state index in [2.05, 4.69) is 17.4 Å². The van der Waals surface area contributed by atoms with E-state index in [-0.39, 0.29) is 30.2 Å². The average molecular weight is 285 g/mol. The molecule has 0 spiro atoms. The molecule has 0 bridgehead atoms. The van der Waals surface area contributed by atoms with Crippen molar-refractivity contribution in [2.24, 2.45) is 0 Å². The van der Waals surface area contributed by atoms with Crippen LogP contribution in [0.15, 0.2) is 60.5 Å². The van der Waals surface area contributed by atoms with E-state index in [0.29, 0.717) is 24.8 Å². The third kappa shape index (κ3) is 4.08. The molecule has 1 N–H and O–H groups in total. The summed E-state index contributed by atoms with van der Waals surface area (Å²) in [6.07, 6.45) is 2.79. The van der Waals surface area contributed by atoms with Gasteiger partial charge in [-0.2, -0.15) is 0 Å². The molecule has 1 saturated heterocycles. The zero-order valence-electron chi connectivity index (χ0n) is 17.2. The van der Waals surface area contributed by atoms with Crippen molar-refractivity contribution in [2.75, 3.05) is 24.5 Å². The Bertz CT molecular complexity index is 729. The number of benzene rings is 2. The summed E-state index contributed by atoms with van der Waals surface area (Å²) in [7, 11) is 0. The minimum Gasteiger partial charge on any atom is -0.371 e. The van der Waals surface area contributed by atoms with E-state index in [0.717, 1.165) is 25.8 Å². The molecule has 2 aromatic rings. The molecule has 0 radical (unpaired) electrons. The Morgan fingerprint density at radius 2 is 1.76 bits per heavy atom. The quantitative estimate of drug-likeness (QED) is 0.904. The zero-order valence-corrected chi connectivity index (χ0v) is 12.2. The van der Waals surface area contributed by atoms with Gasteiger partial charge in [-0.15, -0.1) is 0 Å². The van der Waals surface area contributed by atoms with Gasteiger partial charge in [0.2, 0.25) is 0 Å². The second-order valence-corrected chi connectivity index (χ2v) is 5.42. The molecular weight excluding hydrogens is 256 g/mol. The molecule has 21 heavy (non-hydrogen) atoms. The Morgan fingerprint density at radius 1 is 1.05 bits per heavy atom. The second-order valence-electron chi connectivity index (χ2n) is 5.42. The molecular formula is C19H24N2. The van der Waals surface area contributed by atoms with Gasteiger partial charge in [0.05, 0.1) is 6.85 Å². The number of rotatable bonds is 5. The fourth-order valence-electron chi connectivity index (χ4n) is 2.77. The van der Waals surface area contributed by atoms with Gasteiger partial charge in [-0.3, -0.25) is 0 Å². The number of piperidine rings is 1. The van der Waals surface area contributed by atoms with Gasteiger partial charge in [0.15, 0.2) is 0 Å². The van der Waals surface area contributed by atoms with Gasteiger partial charge in [0, 0.05) is 24.8 Å². The maximum atomic E-state index is 8.10. The lowest BCUT2D eigenvalue weighted by atomic mass is 10.0. The summed E-state index contributed by atoms with van der Waals surface area (Å²) < 4.78 is 39.5. The summed E-state index contributed by atoms with van der Waals surface area (Å²) in [5.41, 5.74) is 1.65. The minimum atomic E-state index is -0.332. The molecule has 1 fully saturated rings. The molecule has 3 rings (SSSR count). The first kappa shape index (κ1) is 9.26. The molecule has 1 aliphatic rings. The van der Waals surface area contributed by atoms with Gasteiger partial charge >= 0.3 is 0 Å². The molecule has 110 valence electrons. The first-order valence-corrected chi connectivity index (χ1v) is 7.58. The van der Waals surface area contributed by atoms with Crippen LogP contribution in [0.3, 0.4) is 0 Å². The Labute approximate surface area is 134 Å². The highest BCUT2D eigenvalue weighted by Crippen LogP contribution is 2.19. The third-order valence-electron chi connectivity index (χ3n) is 3.99. The van der Waals surface area contributed by atoms with Gasteiger partial charge in [-0.1, -0.05) is 48.5 Å². The van der Waals surface area contributed by atoms with Crippen LogP contribution in [0.25, 0.3) is 0 Å². The zero-order chi connectivity index (χ0) is 18.7. The number of para-hydroxylation sites is 1. The van der Waals surface area contributed by atoms with Gasteiger partial charge in [-0.25, -0.2) is 0 Å². The van der Waals surface area contributed by atoms with Crippen LogP contribution in [0.5, 0.6) is 0 Å².